The largest absolute Gasteiger partial charge is 0.213 e. The molecule has 0 fully saturated rings. The Balaban J connectivity index is 2.29. The maximum Gasteiger partial charge on any atom is 0.213 e. The van der Waals surface area contributed by atoms with Crippen molar-refractivity contribution in [3.63, 3.8) is 0 Å². The predicted molar refractivity (Wildman–Crippen MR) is 112 cm³/mol. The zero-order valence-electron chi connectivity index (χ0n) is 17.4. The molecule has 0 saturated heterocycles. The second-order valence-corrected chi connectivity index (χ2v) is 8.20. The predicted octanol–water partition coefficient (Wildman–Crippen LogP) is 6.57. The van der Waals surface area contributed by atoms with Crippen LogP contribution in [0.25, 0.3) is 11.3 Å². The molecule has 2 heterocycles. The molecule has 1 aromatic carbocycles. The standard InChI is InChI=1S/C25H36N/c1-6-10-12-19-15-16-22-20(18-19)23-13-11-14-24(26(23)17-7-2)21(8-3)25(22,5)9-4/h11,13-16,18,21H,6-10,12,17H2,1-5H3/q+1. The van der Waals surface area contributed by atoms with Gasteiger partial charge in [-0.25, -0.2) is 0 Å². The molecule has 1 heteroatoms. The van der Waals surface area contributed by atoms with Crippen LogP contribution in [0.5, 0.6) is 0 Å². The van der Waals surface area contributed by atoms with Gasteiger partial charge in [-0.1, -0.05) is 53.2 Å². The summed E-state index contributed by atoms with van der Waals surface area (Å²) in [4.78, 5) is 0. The van der Waals surface area contributed by atoms with Gasteiger partial charge in [-0.05, 0) is 48.9 Å². The molecule has 1 nitrogen and oxygen atoms in total. The number of hydrogen-bond donors (Lipinski definition) is 0. The summed E-state index contributed by atoms with van der Waals surface area (Å²) in [7, 11) is 0. The zero-order chi connectivity index (χ0) is 18.7. The number of aryl methyl sites for hydroxylation is 1. The van der Waals surface area contributed by atoms with Crippen LogP contribution in [0.2, 0.25) is 0 Å². The van der Waals surface area contributed by atoms with Gasteiger partial charge in [0, 0.05) is 24.0 Å². The third-order valence-corrected chi connectivity index (χ3v) is 6.63. The fourth-order valence-corrected chi connectivity index (χ4v) is 5.02. The number of unbranched alkanes of at least 4 members (excludes halogenated alkanes) is 1. The van der Waals surface area contributed by atoms with E-state index in [0.29, 0.717) is 5.92 Å². The summed E-state index contributed by atoms with van der Waals surface area (Å²) in [6, 6.07) is 14.4. The van der Waals surface area contributed by atoms with Gasteiger partial charge in [0.1, 0.15) is 6.54 Å². The highest BCUT2D eigenvalue weighted by molar-refractivity contribution is 5.66. The molecule has 1 aliphatic rings. The van der Waals surface area contributed by atoms with Crippen LogP contribution in [0.4, 0.5) is 0 Å². The maximum atomic E-state index is 2.62. The molecule has 2 unspecified atom stereocenters. The Kier molecular flexibility index (Phi) is 5.85. The first-order valence-electron chi connectivity index (χ1n) is 10.8. The van der Waals surface area contributed by atoms with E-state index >= 15 is 0 Å². The van der Waals surface area contributed by atoms with E-state index in [1.165, 1.54) is 61.0 Å². The molecule has 0 N–H and O–H groups in total. The van der Waals surface area contributed by atoms with Gasteiger partial charge < -0.3 is 0 Å². The molecule has 3 rings (SSSR count). The van der Waals surface area contributed by atoms with Crippen molar-refractivity contribution in [1.82, 2.24) is 0 Å². The van der Waals surface area contributed by atoms with E-state index in [4.69, 9.17) is 0 Å². The van der Waals surface area contributed by atoms with Crippen molar-refractivity contribution in [3.8, 4) is 11.3 Å². The van der Waals surface area contributed by atoms with Crippen LogP contribution in [0.3, 0.4) is 0 Å². The van der Waals surface area contributed by atoms with Crippen molar-refractivity contribution in [2.24, 2.45) is 0 Å². The Morgan fingerprint density at radius 2 is 1.81 bits per heavy atom. The number of fused-ring (bicyclic) bond motifs is 4. The molecule has 26 heavy (non-hydrogen) atoms. The molecule has 0 amide bonds. The SMILES string of the molecule is CCCCc1ccc2c(c1)-c1cccc([n+]1CCC)C(CC)C2(C)CC. The zero-order valence-corrected chi connectivity index (χ0v) is 17.4. The number of rotatable bonds is 7. The van der Waals surface area contributed by atoms with Crippen molar-refractivity contribution in [1.29, 1.82) is 0 Å². The summed E-state index contributed by atoms with van der Waals surface area (Å²) in [6.07, 6.45) is 7.27. The Morgan fingerprint density at radius 1 is 1.00 bits per heavy atom. The summed E-state index contributed by atoms with van der Waals surface area (Å²) >= 11 is 0. The number of pyridine rings is 1. The van der Waals surface area contributed by atoms with Gasteiger partial charge in [-0.2, -0.15) is 4.57 Å². The van der Waals surface area contributed by atoms with Crippen molar-refractivity contribution < 1.29 is 4.57 Å². The van der Waals surface area contributed by atoms with Crippen molar-refractivity contribution in [2.45, 2.75) is 91.0 Å². The summed E-state index contributed by atoms with van der Waals surface area (Å²) in [5.74, 6) is 0.571. The second kappa shape index (κ2) is 7.94. The minimum Gasteiger partial charge on any atom is -0.195 e. The van der Waals surface area contributed by atoms with Crippen molar-refractivity contribution >= 4 is 0 Å². The van der Waals surface area contributed by atoms with E-state index in [1.807, 2.05) is 0 Å². The van der Waals surface area contributed by atoms with Gasteiger partial charge in [0.05, 0.1) is 11.5 Å². The maximum absolute atomic E-state index is 2.62. The highest BCUT2D eigenvalue weighted by atomic mass is 15.0. The van der Waals surface area contributed by atoms with Gasteiger partial charge in [-0.15, -0.1) is 0 Å². The Labute approximate surface area is 160 Å². The van der Waals surface area contributed by atoms with Gasteiger partial charge >= 0.3 is 0 Å². The Morgan fingerprint density at radius 3 is 2.46 bits per heavy atom. The van der Waals surface area contributed by atoms with Crippen LogP contribution in [-0.4, -0.2) is 0 Å². The summed E-state index contributed by atoms with van der Waals surface area (Å²) in [5.41, 5.74) is 7.68. The molecule has 0 saturated carbocycles. The summed E-state index contributed by atoms with van der Waals surface area (Å²) in [5, 5.41) is 0. The van der Waals surface area contributed by atoms with E-state index in [2.05, 4.69) is 75.6 Å². The minimum absolute atomic E-state index is 0.193. The van der Waals surface area contributed by atoms with E-state index in [1.54, 1.807) is 5.56 Å². The van der Waals surface area contributed by atoms with E-state index < -0.39 is 0 Å². The molecule has 1 aliphatic heterocycles. The first-order valence-corrected chi connectivity index (χ1v) is 10.8. The quantitative estimate of drug-likeness (QED) is 0.497. The second-order valence-electron chi connectivity index (χ2n) is 8.20. The normalized spacial score (nSPS) is 21.3. The van der Waals surface area contributed by atoms with E-state index in [9.17, 15) is 0 Å². The number of hydrogen-bond acceptors (Lipinski definition) is 0. The van der Waals surface area contributed by atoms with Crippen molar-refractivity contribution in [3.05, 3.63) is 53.2 Å². The van der Waals surface area contributed by atoms with E-state index in [-0.39, 0.29) is 5.41 Å². The Hall–Kier alpha value is -1.63. The lowest BCUT2D eigenvalue weighted by Crippen LogP contribution is -2.43. The third kappa shape index (κ3) is 3.10. The molecular formula is C25H36N+. The molecule has 2 atom stereocenters. The molecule has 2 bridgehead atoms. The minimum atomic E-state index is 0.193. The average molecular weight is 351 g/mol. The highest BCUT2D eigenvalue weighted by Crippen LogP contribution is 2.48. The fraction of sp³-hybridized carbons (Fsp3) is 0.560. The topological polar surface area (TPSA) is 3.88 Å². The van der Waals surface area contributed by atoms with Crippen LogP contribution >= 0.6 is 0 Å². The molecule has 0 radical (unpaired) electrons. The van der Waals surface area contributed by atoms with Gasteiger partial charge in [0.15, 0.2) is 5.69 Å². The molecule has 1 aromatic heterocycles. The molecule has 0 aliphatic carbocycles. The summed E-state index contributed by atoms with van der Waals surface area (Å²) in [6.45, 7) is 12.9. The van der Waals surface area contributed by atoms with Crippen LogP contribution in [0.1, 0.15) is 89.5 Å². The number of aromatic nitrogens is 1. The lowest BCUT2D eigenvalue weighted by atomic mass is 9.66. The van der Waals surface area contributed by atoms with E-state index in [0.717, 1.165) is 6.54 Å². The Bertz CT molecular complexity index is 761. The number of benzene rings is 1. The fourth-order valence-electron chi connectivity index (χ4n) is 5.02. The van der Waals surface area contributed by atoms with Crippen LogP contribution in [-0.2, 0) is 18.4 Å². The number of nitrogens with zero attached hydrogens (tertiary/aromatic N) is 1. The lowest BCUT2D eigenvalue weighted by Gasteiger charge is -2.35. The van der Waals surface area contributed by atoms with Gasteiger partial charge in [0.25, 0.3) is 0 Å². The van der Waals surface area contributed by atoms with Gasteiger partial charge in [0.2, 0.25) is 5.69 Å². The third-order valence-electron chi connectivity index (χ3n) is 6.63. The van der Waals surface area contributed by atoms with Crippen LogP contribution in [0.15, 0.2) is 36.4 Å². The van der Waals surface area contributed by atoms with Gasteiger partial charge in [-0.3, -0.25) is 0 Å². The molecule has 2 aromatic rings. The monoisotopic (exact) mass is 350 g/mol. The lowest BCUT2D eigenvalue weighted by molar-refractivity contribution is -0.694. The molecule has 0 spiro atoms. The smallest absolute Gasteiger partial charge is 0.195 e. The van der Waals surface area contributed by atoms with Crippen molar-refractivity contribution in [2.75, 3.05) is 0 Å². The summed E-state index contributed by atoms with van der Waals surface area (Å²) < 4.78 is 2.62. The van der Waals surface area contributed by atoms with Crippen LogP contribution < -0.4 is 4.57 Å². The average Bonchev–Trinajstić information content (AvgIpc) is 2.71. The first-order chi connectivity index (χ1) is 12.6. The molecule has 140 valence electrons. The van der Waals surface area contributed by atoms with Crippen LogP contribution in [0, 0.1) is 0 Å². The first kappa shape index (κ1) is 19.1. The highest BCUT2D eigenvalue weighted by Gasteiger charge is 2.44. The molecular weight excluding hydrogens is 314 g/mol.